The highest BCUT2D eigenvalue weighted by Crippen LogP contribution is 2.24. The second kappa shape index (κ2) is 9.78. The van der Waals surface area contributed by atoms with Crippen LogP contribution in [-0.4, -0.2) is 36.6 Å². The fourth-order valence-electron chi connectivity index (χ4n) is 3.28. The molecular formula is C18H38N2. The van der Waals surface area contributed by atoms with Gasteiger partial charge in [0, 0.05) is 25.2 Å². The quantitative estimate of drug-likeness (QED) is 0.678. The van der Waals surface area contributed by atoms with Gasteiger partial charge in [0.2, 0.25) is 0 Å². The zero-order chi connectivity index (χ0) is 15.0. The van der Waals surface area contributed by atoms with Crippen LogP contribution >= 0.6 is 0 Å². The Morgan fingerprint density at radius 1 is 1.15 bits per heavy atom. The third-order valence-electron chi connectivity index (χ3n) is 4.90. The molecule has 2 nitrogen and oxygen atoms in total. The first kappa shape index (κ1) is 18.0. The first-order valence-corrected chi connectivity index (χ1v) is 9.04. The summed E-state index contributed by atoms with van der Waals surface area (Å²) < 4.78 is 0. The molecular weight excluding hydrogens is 244 g/mol. The van der Waals surface area contributed by atoms with Gasteiger partial charge in [0.15, 0.2) is 0 Å². The van der Waals surface area contributed by atoms with Crippen LogP contribution in [0.3, 0.4) is 0 Å². The van der Waals surface area contributed by atoms with E-state index in [1.54, 1.807) is 0 Å². The normalized spacial score (nSPS) is 26.1. The van der Waals surface area contributed by atoms with Gasteiger partial charge in [0.25, 0.3) is 0 Å². The number of piperidine rings is 1. The summed E-state index contributed by atoms with van der Waals surface area (Å²) in [5.74, 6) is 1.72. The summed E-state index contributed by atoms with van der Waals surface area (Å²) in [5.41, 5.74) is 0. The molecule has 120 valence electrons. The number of unbranched alkanes of at least 4 members (excludes halogenated alkanes) is 1. The van der Waals surface area contributed by atoms with Crippen molar-refractivity contribution in [3.63, 3.8) is 0 Å². The van der Waals surface area contributed by atoms with Gasteiger partial charge in [-0.25, -0.2) is 0 Å². The molecule has 0 bridgehead atoms. The second-order valence-electron chi connectivity index (χ2n) is 7.29. The van der Waals surface area contributed by atoms with E-state index < -0.39 is 0 Å². The number of rotatable bonds is 9. The summed E-state index contributed by atoms with van der Waals surface area (Å²) in [5, 5.41) is 3.83. The molecule has 1 rings (SSSR count). The maximum Gasteiger partial charge on any atom is 0.0198 e. The van der Waals surface area contributed by atoms with Crippen LogP contribution in [0, 0.1) is 11.8 Å². The largest absolute Gasteiger partial charge is 0.313 e. The topological polar surface area (TPSA) is 15.3 Å². The SMILES string of the molecule is CCCCC1CC(NCCC(C)C)CN(C(C)CC)C1. The lowest BCUT2D eigenvalue weighted by Crippen LogP contribution is -2.52. The molecule has 0 aromatic heterocycles. The molecule has 1 N–H and O–H groups in total. The molecule has 0 amide bonds. The molecule has 1 saturated heterocycles. The highest BCUT2D eigenvalue weighted by Gasteiger charge is 2.28. The van der Waals surface area contributed by atoms with Crippen molar-refractivity contribution in [2.45, 2.75) is 85.2 Å². The van der Waals surface area contributed by atoms with Crippen LogP contribution in [-0.2, 0) is 0 Å². The van der Waals surface area contributed by atoms with E-state index in [-0.39, 0.29) is 0 Å². The highest BCUT2D eigenvalue weighted by molar-refractivity contribution is 4.85. The number of likely N-dealkylation sites (tertiary alicyclic amines) is 1. The van der Waals surface area contributed by atoms with Crippen LogP contribution in [0.2, 0.25) is 0 Å². The maximum atomic E-state index is 3.83. The lowest BCUT2D eigenvalue weighted by Gasteiger charge is -2.41. The Kier molecular flexibility index (Phi) is 8.79. The molecule has 3 unspecified atom stereocenters. The smallest absolute Gasteiger partial charge is 0.0198 e. The van der Waals surface area contributed by atoms with E-state index in [0.717, 1.165) is 23.9 Å². The Balaban J connectivity index is 2.46. The third kappa shape index (κ3) is 6.58. The summed E-state index contributed by atoms with van der Waals surface area (Å²) in [6, 6.07) is 1.46. The van der Waals surface area contributed by atoms with E-state index >= 15 is 0 Å². The molecule has 0 aliphatic carbocycles. The van der Waals surface area contributed by atoms with Crippen LogP contribution in [0.1, 0.15) is 73.1 Å². The van der Waals surface area contributed by atoms with Gasteiger partial charge in [-0.2, -0.15) is 0 Å². The fraction of sp³-hybridized carbons (Fsp3) is 1.00. The Bertz CT molecular complexity index is 240. The molecule has 0 aromatic carbocycles. The molecule has 1 heterocycles. The molecule has 3 atom stereocenters. The molecule has 0 saturated carbocycles. The Labute approximate surface area is 127 Å². The van der Waals surface area contributed by atoms with Gasteiger partial charge in [-0.3, -0.25) is 4.90 Å². The van der Waals surface area contributed by atoms with Gasteiger partial charge < -0.3 is 5.32 Å². The zero-order valence-corrected chi connectivity index (χ0v) is 14.6. The third-order valence-corrected chi connectivity index (χ3v) is 4.90. The van der Waals surface area contributed by atoms with Crippen LogP contribution in [0.5, 0.6) is 0 Å². The average Bonchev–Trinajstić information content (AvgIpc) is 2.43. The minimum absolute atomic E-state index is 0.721. The Morgan fingerprint density at radius 3 is 2.50 bits per heavy atom. The predicted molar refractivity (Wildman–Crippen MR) is 90.2 cm³/mol. The van der Waals surface area contributed by atoms with Gasteiger partial charge in [0.1, 0.15) is 0 Å². The van der Waals surface area contributed by atoms with E-state index in [1.165, 1.54) is 58.2 Å². The van der Waals surface area contributed by atoms with Crippen molar-refractivity contribution in [2.75, 3.05) is 19.6 Å². The van der Waals surface area contributed by atoms with Gasteiger partial charge in [-0.1, -0.05) is 40.5 Å². The summed E-state index contributed by atoms with van der Waals surface area (Å²) in [7, 11) is 0. The first-order chi connectivity index (χ1) is 9.56. The fourth-order valence-corrected chi connectivity index (χ4v) is 3.28. The minimum atomic E-state index is 0.721. The van der Waals surface area contributed by atoms with Crippen LogP contribution in [0.15, 0.2) is 0 Å². The Hall–Kier alpha value is -0.0800. The van der Waals surface area contributed by atoms with E-state index in [1.807, 2.05) is 0 Å². The van der Waals surface area contributed by atoms with E-state index in [0.29, 0.717) is 0 Å². The van der Waals surface area contributed by atoms with Crippen molar-refractivity contribution in [1.29, 1.82) is 0 Å². The van der Waals surface area contributed by atoms with Crippen molar-refractivity contribution in [1.82, 2.24) is 10.2 Å². The monoisotopic (exact) mass is 282 g/mol. The molecule has 0 radical (unpaired) electrons. The second-order valence-corrected chi connectivity index (χ2v) is 7.29. The van der Waals surface area contributed by atoms with Crippen molar-refractivity contribution >= 4 is 0 Å². The average molecular weight is 283 g/mol. The van der Waals surface area contributed by atoms with Crippen molar-refractivity contribution in [3.8, 4) is 0 Å². The Morgan fingerprint density at radius 2 is 1.90 bits per heavy atom. The van der Waals surface area contributed by atoms with Crippen LogP contribution in [0.25, 0.3) is 0 Å². The summed E-state index contributed by atoms with van der Waals surface area (Å²) in [4.78, 5) is 2.73. The molecule has 1 fully saturated rings. The zero-order valence-electron chi connectivity index (χ0n) is 14.6. The summed E-state index contributed by atoms with van der Waals surface area (Å²) in [6.07, 6.45) is 8.14. The number of nitrogens with zero attached hydrogens (tertiary/aromatic N) is 1. The van der Waals surface area contributed by atoms with E-state index in [2.05, 4.69) is 44.8 Å². The summed E-state index contributed by atoms with van der Waals surface area (Å²) in [6.45, 7) is 15.4. The molecule has 1 aliphatic rings. The molecule has 2 heteroatoms. The van der Waals surface area contributed by atoms with Gasteiger partial charge in [-0.05, 0) is 51.0 Å². The molecule has 0 spiro atoms. The molecule has 20 heavy (non-hydrogen) atoms. The van der Waals surface area contributed by atoms with Crippen LogP contribution < -0.4 is 5.32 Å². The summed E-state index contributed by atoms with van der Waals surface area (Å²) >= 11 is 0. The molecule has 1 aliphatic heterocycles. The number of hydrogen-bond acceptors (Lipinski definition) is 2. The van der Waals surface area contributed by atoms with Crippen molar-refractivity contribution < 1.29 is 0 Å². The standard InChI is InChI=1S/C18H38N2/c1-6-8-9-17-12-18(19-11-10-15(3)4)14-20(13-17)16(5)7-2/h15-19H,6-14H2,1-5H3. The lowest BCUT2D eigenvalue weighted by atomic mass is 9.88. The van der Waals surface area contributed by atoms with Crippen molar-refractivity contribution in [3.05, 3.63) is 0 Å². The van der Waals surface area contributed by atoms with E-state index in [9.17, 15) is 0 Å². The van der Waals surface area contributed by atoms with Gasteiger partial charge in [-0.15, -0.1) is 0 Å². The predicted octanol–water partition coefficient (Wildman–Crippen LogP) is 4.30. The van der Waals surface area contributed by atoms with Crippen molar-refractivity contribution in [2.24, 2.45) is 11.8 Å². The van der Waals surface area contributed by atoms with E-state index in [4.69, 9.17) is 0 Å². The van der Waals surface area contributed by atoms with Gasteiger partial charge >= 0.3 is 0 Å². The number of nitrogens with one attached hydrogen (secondary N) is 1. The number of hydrogen-bond donors (Lipinski definition) is 1. The highest BCUT2D eigenvalue weighted by atomic mass is 15.2. The minimum Gasteiger partial charge on any atom is -0.313 e. The molecule has 0 aromatic rings. The first-order valence-electron chi connectivity index (χ1n) is 9.04. The lowest BCUT2D eigenvalue weighted by molar-refractivity contribution is 0.0971. The van der Waals surface area contributed by atoms with Crippen LogP contribution in [0.4, 0.5) is 0 Å². The maximum absolute atomic E-state index is 3.83. The van der Waals surface area contributed by atoms with Gasteiger partial charge in [0.05, 0.1) is 0 Å².